The van der Waals surface area contributed by atoms with Crippen molar-refractivity contribution in [1.82, 2.24) is 4.98 Å². The molecule has 22 heavy (non-hydrogen) atoms. The zero-order chi connectivity index (χ0) is 16.3. The molecule has 1 heterocycles. The first-order valence-corrected chi connectivity index (χ1v) is 8.96. The normalized spacial score (nSPS) is 11.2. The number of hydrogen-bond donors (Lipinski definition) is 1. The standard InChI is InChI=1S/C13H13ClN2O4S2/c1-3-11-12(20-8(2)17)21-13(15-11)16-22(18,19)10-6-4-9(14)5-7-10/h4-7H,3H2,1-2H3,(H,15,16). The van der Waals surface area contributed by atoms with Crippen molar-refractivity contribution in [1.29, 1.82) is 0 Å². The molecule has 2 rings (SSSR count). The summed E-state index contributed by atoms with van der Waals surface area (Å²) >= 11 is 6.71. The van der Waals surface area contributed by atoms with Gasteiger partial charge in [-0.25, -0.2) is 13.4 Å². The summed E-state index contributed by atoms with van der Waals surface area (Å²) in [4.78, 5) is 15.2. The SMILES string of the molecule is CCc1nc(NS(=O)(=O)c2ccc(Cl)cc2)sc1OC(C)=O. The number of aryl methyl sites for hydroxylation is 1. The third-order valence-corrected chi connectivity index (χ3v) is 5.21. The summed E-state index contributed by atoms with van der Waals surface area (Å²) < 4.78 is 31.9. The molecule has 0 aliphatic carbocycles. The number of aromatic nitrogens is 1. The summed E-state index contributed by atoms with van der Waals surface area (Å²) in [6.07, 6.45) is 0.516. The zero-order valence-corrected chi connectivity index (χ0v) is 14.2. The van der Waals surface area contributed by atoms with E-state index in [9.17, 15) is 13.2 Å². The summed E-state index contributed by atoms with van der Waals surface area (Å²) in [5, 5.41) is 0.880. The lowest BCUT2D eigenvalue weighted by Gasteiger charge is -2.04. The smallest absolute Gasteiger partial charge is 0.308 e. The Hall–Kier alpha value is -1.64. The van der Waals surface area contributed by atoms with Crippen LogP contribution in [-0.4, -0.2) is 19.4 Å². The molecule has 0 spiro atoms. The highest BCUT2D eigenvalue weighted by Crippen LogP contribution is 2.32. The first-order valence-electron chi connectivity index (χ1n) is 6.28. The molecule has 1 aromatic heterocycles. The molecular weight excluding hydrogens is 348 g/mol. The molecule has 0 atom stereocenters. The van der Waals surface area contributed by atoms with E-state index in [4.69, 9.17) is 16.3 Å². The Labute approximate surface area is 137 Å². The van der Waals surface area contributed by atoms with Crippen LogP contribution >= 0.6 is 22.9 Å². The molecule has 0 fully saturated rings. The van der Waals surface area contributed by atoms with Gasteiger partial charge < -0.3 is 4.74 Å². The van der Waals surface area contributed by atoms with Gasteiger partial charge in [-0.3, -0.25) is 9.52 Å². The number of sulfonamides is 1. The van der Waals surface area contributed by atoms with Gasteiger partial charge in [-0.2, -0.15) is 0 Å². The summed E-state index contributed by atoms with van der Waals surface area (Å²) in [5.74, 6) is -0.481. The minimum atomic E-state index is -3.77. The second kappa shape index (κ2) is 6.64. The van der Waals surface area contributed by atoms with Gasteiger partial charge in [0.1, 0.15) is 0 Å². The van der Waals surface area contributed by atoms with Gasteiger partial charge in [0.15, 0.2) is 5.13 Å². The Kier molecular flexibility index (Phi) is 5.05. The number of carbonyl (C=O) groups is 1. The van der Waals surface area contributed by atoms with Crippen LogP contribution in [0, 0.1) is 0 Å². The fraction of sp³-hybridized carbons (Fsp3) is 0.231. The van der Waals surface area contributed by atoms with Crippen LogP contribution in [0.15, 0.2) is 29.2 Å². The number of nitrogens with one attached hydrogen (secondary N) is 1. The Bertz CT molecular complexity index is 785. The summed E-state index contributed by atoms with van der Waals surface area (Å²) in [5.41, 5.74) is 0.522. The number of anilines is 1. The molecule has 0 aliphatic heterocycles. The van der Waals surface area contributed by atoms with E-state index in [0.29, 0.717) is 22.2 Å². The quantitative estimate of drug-likeness (QED) is 0.828. The summed E-state index contributed by atoms with van der Waals surface area (Å²) in [7, 11) is -3.77. The first-order chi connectivity index (χ1) is 10.3. The van der Waals surface area contributed by atoms with Crippen LogP contribution in [0.5, 0.6) is 5.06 Å². The van der Waals surface area contributed by atoms with Crippen molar-refractivity contribution in [3.63, 3.8) is 0 Å². The molecule has 118 valence electrons. The van der Waals surface area contributed by atoms with Crippen molar-refractivity contribution >= 4 is 44.1 Å². The summed E-state index contributed by atoms with van der Waals surface area (Å²) in [6.45, 7) is 3.11. The van der Waals surface area contributed by atoms with Gasteiger partial charge in [0.05, 0.1) is 10.6 Å². The van der Waals surface area contributed by atoms with E-state index in [0.717, 1.165) is 11.3 Å². The van der Waals surface area contributed by atoms with Crippen LogP contribution < -0.4 is 9.46 Å². The molecule has 0 saturated carbocycles. The molecule has 1 aromatic carbocycles. The van der Waals surface area contributed by atoms with Gasteiger partial charge in [-0.15, -0.1) is 0 Å². The maximum atomic E-state index is 12.2. The lowest BCUT2D eigenvalue weighted by atomic mass is 10.4. The molecule has 0 saturated heterocycles. The van der Waals surface area contributed by atoms with Crippen LogP contribution in [0.4, 0.5) is 5.13 Å². The van der Waals surface area contributed by atoms with Crippen LogP contribution in [-0.2, 0) is 21.2 Å². The third kappa shape index (κ3) is 3.96. The molecule has 0 radical (unpaired) electrons. The van der Waals surface area contributed by atoms with Crippen LogP contribution in [0.25, 0.3) is 0 Å². The number of thiazole rings is 1. The third-order valence-electron chi connectivity index (χ3n) is 2.58. The van der Waals surface area contributed by atoms with E-state index < -0.39 is 16.0 Å². The van der Waals surface area contributed by atoms with Gasteiger partial charge in [0.25, 0.3) is 10.0 Å². The molecule has 0 unspecified atom stereocenters. The number of rotatable bonds is 5. The Morgan fingerprint density at radius 3 is 2.55 bits per heavy atom. The number of nitrogens with zero attached hydrogens (tertiary/aromatic N) is 1. The molecule has 0 bridgehead atoms. The molecular formula is C13H13ClN2O4S2. The largest absolute Gasteiger partial charge is 0.413 e. The van der Waals surface area contributed by atoms with E-state index >= 15 is 0 Å². The predicted molar refractivity (Wildman–Crippen MR) is 85.1 cm³/mol. The van der Waals surface area contributed by atoms with E-state index in [1.165, 1.54) is 31.2 Å². The topological polar surface area (TPSA) is 85.4 Å². The van der Waals surface area contributed by atoms with Crippen molar-refractivity contribution in [3.05, 3.63) is 35.0 Å². The van der Waals surface area contributed by atoms with E-state index in [2.05, 4.69) is 9.71 Å². The Morgan fingerprint density at radius 1 is 1.36 bits per heavy atom. The van der Waals surface area contributed by atoms with Crippen molar-refractivity contribution in [3.8, 4) is 5.06 Å². The minimum Gasteiger partial charge on any atom is -0.413 e. The molecule has 2 aromatic rings. The van der Waals surface area contributed by atoms with Gasteiger partial charge in [0.2, 0.25) is 5.06 Å². The van der Waals surface area contributed by atoms with Gasteiger partial charge in [-0.1, -0.05) is 29.9 Å². The van der Waals surface area contributed by atoms with E-state index in [-0.39, 0.29) is 10.0 Å². The van der Waals surface area contributed by atoms with Crippen molar-refractivity contribution in [2.75, 3.05) is 4.72 Å². The van der Waals surface area contributed by atoms with Crippen molar-refractivity contribution in [2.24, 2.45) is 0 Å². The Morgan fingerprint density at radius 2 is 2.00 bits per heavy atom. The van der Waals surface area contributed by atoms with Gasteiger partial charge in [0, 0.05) is 11.9 Å². The molecule has 0 aliphatic rings. The number of carbonyl (C=O) groups excluding carboxylic acids is 1. The van der Waals surface area contributed by atoms with Crippen molar-refractivity contribution < 1.29 is 17.9 Å². The maximum absolute atomic E-state index is 12.2. The number of ether oxygens (including phenoxy) is 1. The number of esters is 1. The van der Waals surface area contributed by atoms with Crippen LogP contribution in [0.3, 0.4) is 0 Å². The van der Waals surface area contributed by atoms with Crippen LogP contribution in [0.2, 0.25) is 5.02 Å². The number of benzene rings is 1. The number of halogens is 1. The second-order valence-electron chi connectivity index (χ2n) is 4.26. The lowest BCUT2D eigenvalue weighted by molar-refractivity contribution is -0.131. The maximum Gasteiger partial charge on any atom is 0.308 e. The highest BCUT2D eigenvalue weighted by molar-refractivity contribution is 7.93. The second-order valence-corrected chi connectivity index (χ2v) is 7.34. The molecule has 1 N–H and O–H groups in total. The predicted octanol–water partition coefficient (Wildman–Crippen LogP) is 3.09. The van der Waals surface area contributed by atoms with Gasteiger partial charge >= 0.3 is 5.97 Å². The lowest BCUT2D eigenvalue weighted by Crippen LogP contribution is -2.12. The average Bonchev–Trinajstić information content (AvgIpc) is 2.79. The molecule has 6 nitrogen and oxygen atoms in total. The molecule has 9 heteroatoms. The molecule has 0 amide bonds. The minimum absolute atomic E-state index is 0.0687. The van der Waals surface area contributed by atoms with E-state index in [1.807, 2.05) is 6.92 Å². The monoisotopic (exact) mass is 360 g/mol. The van der Waals surface area contributed by atoms with Crippen molar-refractivity contribution in [2.45, 2.75) is 25.2 Å². The summed E-state index contributed by atoms with van der Waals surface area (Å²) in [6, 6.07) is 5.76. The zero-order valence-electron chi connectivity index (χ0n) is 11.8. The van der Waals surface area contributed by atoms with Crippen LogP contribution in [0.1, 0.15) is 19.5 Å². The fourth-order valence-corrected chi connectivity index (χ4v) is 3.91. The average molecular weight is 361 g/mol. The Balaban J connectivity index is 2.27. The first kappa shape index (κ1) is 16.7. The highest BCUT2D eigenvalue weighted by Gasteiger charge is 2.19. The highest BCUT2D eigenvalue weighted by atomic mass is 35.5. The fourth-order valence-electron chi connectivity index (χ4n) is 1.60. The number of hydrogen-bond acceptors (Lipinski definition) is 6. The van der Waals surface area contributed by atoms with Gasteiger partial charge in [-0.05, 0) is 30.7 Å². The van der Waals surface area contributed by atoms with E-state index in [1.54, 1.807) is 0 Å².